The molecule has 0 spiro atoms. The van der Waals surface area contributed by atoms with E-state index < -0.39 is 18.4 Å². The molecule has 4 heteroatoms. The molecule has 0 fully saturated rings. The van der Waals surface area contributed by atoms with Crippen LogP contribution in [0, 0.1) is 0 Å². The van der Waals surface area contributed by atoms with Crippen LogP contribution < -0.4 is 7.63 Å². The van der Waals surface area contributed by atoms with Gasteiger partial charge in [0.25, 0.3) is 0 Å². The third-order valence-corrected chi connectivity index (χ3v) is 27.1. The van der Waals surface area contributed by atoms with E-state index >= 15 is 0 Å². The minimum atomic E-state index is -2.32. The van der Waals surface area contributed by atoms with Crippen molar-refractivity contribution in [2.75, 3.05) is 7.11 Å². The molecule has 168 valence electrons. The molecule has 2 heterocycles. The number of ether oxygens (including phenoxy) is 1. The van der Waals surface area contributed by atoms with Crippen LogP contribution in [0.15, 0.2) is 48.5 Å². The molecule has 0 saturated carbocycles. The Kier molecular flexibility index (Phi) is 9.99. The molecule has 0 saturated heterocycles. The van der Waals surface area contributed by atoms with Crippen molar-refractivity contribution in [3.8, 4) is 25.9 Å². The fourth-order valence-electron chi connectivity index (χ4n) is 4.43. The molecule has 0 N–H and O–H groups in total. The molecule has 0 aliphatic heterocycles. The van der Waals surface area contributed by atoms with Gasteiger partial charge in [0.05, 0.1) is 0 Å². The van der Waals surface area contributed by atoms with Gasteiger partial charge in [-0.25, -0.2) is 0 Å². The van der Waals surface area contributed by atoms with E-state index in [2.05, 4.69) is 80.6 Å². The first-order valence-electron chi connectivity index (χ1n) is 12.0. The first-order valence-corrected chi connectivity index (χ1v) is 21.1. The first-order chi connectivity index (χ1) is 15.2. The third-order valence-electron chi connectivity index (χ3n) is 6.38. The Morgan fingerprint density at radius 2 is 1.16 bits per heavy atom. The van der Waals surface area contributed by atoms with Gasteiger partial charge in [0.15, 0.2) is 0 Å². The van der Waals surface area contributed by atoms with E-state index in [1.165, 1.54) is 58.7 Å². The second-order valence-corrected chi connectivity index (χ2v) is 25.0. The zero-order valence-electron chi connectivity index (χ0n) is 19.7. The number of methoxy groups -OCH3 is 1. The second kappa shape index (κ2) is 12.5. The van der Waals surface area contributed by atoms with Crippen molar-refractivity contribution >= 4 is 43.9 Å². The molecular formula is C27H38OS2Sn. The van der Waals surface area contributed by atoms with Crippen molar-refractivity contribution in [1.82, 2.24) is 0 Å². The summed E-state index contributed by atoms with van der Waals surface area (Å²) in [5.74, 6) is 0.915. The molecule has 0 amide bonds. The molecule has 31 heavy (non-hydrogen) atoms. The Labute approximate surface area is 201 Å². The van der Waals surface area contributed by atoms with Crippen molar-refractivity contribution in [3.05, 3.63) is 48.5 Å². The molecule has 3 rings (SSSR count). The number of unbranched alkanes of at least 4 members (excludes halogenated alkanes) is 3. The standard InChI is InChI=1S/C15H11OS2.3C4H9.Sn/c1-16-12-6-4-11(5-7-12)13-8-9-15(18-13)14-3-2-10-17-14;3*1-3-4-2;/h2-9H,1H3;3*1,3-4H2,2H3;. The van der Waals surface area contributed by atoms with Gasteiger partial charge in [0.2, 0.25) is 0 Å². The average molecular weight is 561 g/mol. The maximum atomic E-state index is 5.31. The van der Waals surface area contributed by atoms with E-state index in [9.17, 15) is 0 Å². The van der Waals surface area contributed by atoms with Gasteiger partial charge in [-0.15, -0.1) is 0 Å². The summed E-state index contributed by atoms with van der Waals surface area (Å²) < 4.78 is 11.8. The fraction of sp³-hybridized carbons (Fsp3) is 0.481. The molecule has 0 aliphatic carbocycles. The van der Waals surface area contributed by atoms with Crippen LogP contribution in [0.25, 0.3) is 20.2 Å². The number of benzene rings is 1. The zero-order valence-corrected chi connectivity index (χ0v) is 24.2. The van der Waals surface area contributed by atoms with Gasteiger partial charge in [-0.1, -0.05) is 0 Å². The van der Waals surface area contributed by atoms with E-state index in [0.29, 0.717) is 0 Å². The van der Waals surface area contributed by atoms with Gasteiger partial charge in [-0.2, -0.15) is 0 Å². The Hall–Kier alpha value is -0.781. The summed E-state index contributed by atoms with van der Waals surface area (Å²) in [7, 11) is 1.72. The van der Waals surface area contributed by atoms with Crippen LogP contribution in [0.1, 0.15) is 59.3 Å². The molecule has 3 aromatic rings. The van der Waals surface area contributed by atoms with Gasteiger partial charge >= 0.3 is 203 Å². The van der Waals surface area contributed by atoms with Gasteiger partial charge in [-0.3, -0.25) is 0 Å². The van der Waals surface area contributed by atoms with Gasteiger partial charge in [-0.05, 0) is 0 Å². The van der Waals surface area contributed by atoms with Crippen LogP contribution in [0.4, 0.5) is 0 Å². The van der Waals surface area contributed by atoms with E-state index in [4.69, 9.17) is 4.74 Å². The molecule has 0 aliphatic rings. The van der Waals surface area contributed by atoms with E-state index in [0.717, 1.165) is 5.75 Å². The summed E-state index contributed by atoms with van der Waals surface area (Å²) in [4.78, 5) is 4.24. The third kappa shape index (κ3) is 6.39. The van der Waals surface area contributed by atoms with E-state index in [-0.39, 0.29) is 0 Å². The predicted octanol–water partition coefficient (Wildman–Crippen LogP) is 9.21. The SMILES string of the molecule is CCC[CH2][Sn]([CH2]CCC)([CH2]CCC)[c]1ccc(-c2ccc(-c3ccc(OC)cc3)s2)s1. The second-order valence-electron chi connectivity index (χ2n) is 8.65. The number of rotatable bonds is 13. The molecule has 0 atom stereocenters. The topological polar surface area (TPSA) is 9.23 Å². The molecular weight excluding hydrogens is 523 g/mol. The van der Waals surface area contributed by atoms with Crippen LogP contribution in [-0.4, -0.2) is 25.5 Å². The summed E-state index contributed by atoms with van der Waals surface area (Å²) in [5.41, 5.74) is 1.27. The van der Waals surface area contributed by atoms with Crippen LogP contribution >= 0.6 is 22.7 Å². The summed E-state index contributed by atoms with van der Waals surface area (Å²) in [6, 6.07) is 18.0. The van der Waals surface area contributed by atoms with Crippen LogP contribution in [-0.2, 0) is 0 Å². The monoisotopic (exact) mass is 562 g/mol. The summed E-state index contributed by atoms with van der Waals surface area (Å²) in [5, 5.41) is 0. The molecule has 1 nitrogen and oxygen atoms in total. The molecule has 0 bridgehead atoms. The van der Waals surface area contributed by atoms with Crippen LogP contribution in [0.3, 0.4) is 0 Å². The number of hydrogen-bond acceptors (Lipinski definition) is 3. The molecule has 2 aromatic heterocycles. The normalized spacial score (nSPS) is 11.7. The molecule has 0 radical (unpaired) electrons. The quantitative estimate of drug-likeness (QED) is 0.189. The average Bonchev–Trinajstić information content (AvgIpc) is 3.49. The van der Waals surface area contributed by atoms with Crippen molar-refractivity contribution in [2.24, 2.45) is 0 Å². The van der Waals surface area contributed by atoms with E-state index in [1.54, 1.807) is 20.4 Å². The number of thiophene rings is 2. The Balaban J connectivity index is 1.87. The summed E-state index contributed by atoms with van der Waals surface area (Å²) in [6.45, 7) is 7.09. The zero-order chi connectivity index (χ0) is 22.1. The van der Waals surface area contributed by atoms with Crippen LogP contribution in [0.5, 0.6) is 5.75 Å². The maximum absolute atomic E-state index is 5.31. The molecule has 1 aromatic carbocycles. The minimum absolute atomic E-state index is 0.915. The van der Waals surface area contributed by atoms with E-state index in [1.807, 2.05) is 14.2 Å². The summed E-state index contributed by atoms with van der Waals surface area (Å²) >= 11 is 1.75. The van der Waals surface area contributed by atoms with Gasteiger partial charge in [0.1, 0.15) is 0 Å². The Bertz CT molecular complexity index is 888. The van der Waals surface area contributed by atoms with Crippen molar-refractivity contribution in [2.45, 2.75) is 72.6 Å². The van der Waals surface area contributed by atoms with Crippen molar-refractivity contribution in [3.63, 3.8) is 0 Å². The Morgan fingerprint density at radius 3 is 1.71 bits per heavy atom. The van der Waals surface area contributed by atoms with Crippen molar-refractivity contribution in [1.29, 1.82) is 0 Å². The van der Waals surface area contributed by atoms with Gasteiger partial charge in [0, 0.05) is 0 Å². The van der Waals surface area contributed by atoms with Gasteiger partial charge < -0.3 is 0 Å². The predicted molar refractivity (Wildman–Crippen MR) is 144 cm³/mol. The van der Waals surface area contributed by atoms with Crippen LogP contribution in [0.2, 0.25) is 13.3 Å². The van der Waals surface area contributed by atoms with Crippen molar-refractivity contribution < 1.29 is 4.74 Å². The Morgan fingerprint density at radius 1 is 0.645 bits per heavy atom. The fourth-order valence-corrected chi connectivity index (χ4v) is 25.7. The molecule has 0 unspecified atom stereocenters. The number of hydrogen-bond donors (Lipinski definition) is 0. The first kappa shape index (κ1) is 24.9. The summed E-state index contributed by atoms with van der Waals surface area (Å²) in [6.07, 6.45) is 8.30.